The summed E-state index contributed by atoms with van der Waals surface area (Å²) in [4.78, 5) is 12.2. The fourth-order valence-electron chi connectivity index (χ4n) is 1.85. The topological polar surface area (TPSA) is 55.1 Å². The number of nitrogens with two attached hydrogens (primary N) is 1. The Morgan fingerprint density at radius 3 is 2.59 bits per heavy atom. The largest absolute Gasteiger partial charge is 0.347 e. The van der Waals surface area contributed by atoms with Crippen molar-refractivity contribution in [3.05, 3.63) is 35.4 Å². The monoisotopic (exact) mass is 234 g/mol. The van der Waals surface area contributed by atoms with Crippen LogP contribution in [0.1, 0.15) is 43.1 Å². The molecule has 0 unspecified atom stereocenters. The van der Waals surface area contributed by atoms with Crippen LogP contribution in [0.5, 0.6) is 0 Å². The van der Waals surface area contributed by atoms with Crippen molar-refractivity contribution in [2.75, 3.05) is 6.54 Å². The van der Waals surface area contributed by atoms with Gasteiger partial charge in [0.25, 0.3) is 5.91 Å². The van der Waals surface area contributed by atoms with Gasteiger partial charge in [0.05, 0.1) is 0 Å². The molecule has 0 saturated carbocycles. The van der Waals surface area contributed by atoms with Crippen LogP contribution in [0.4, 0.5) is 0 Å². The van der Waals surface area contributed by atoms with E-state index in [0.717, 1.165) is 24.0 Å². The van der Waals surface area contributed by atoms with E-state index >= 15 is 0 Å². The van der Waals surface area contributed by atoms with Crippen molar-refractivity contribution >= 4 is 5.91 Å². The van der Waals surface area contributed by atoms with Crippen LogP contribution >= 0.6 is 0 Å². The highest BCUT2D eigenvalue weighted by molar-refractivity contribution is 5.96. The Morgan fingerprint density at radius 2 is 2.00 bits per heavy atom. The maximum absolute atomic E-state index is 12.2. The van der Waals surface area contributed by atoms with Gasteiger partial charge in [-0.1, -0.05) is 25.1 Å². The summed E-state index contributed by atoms with van der Waals surface area (Å²) in [6.45, 7) is 6.61. The second-order valence-corrected chi connectivity index (χ2v) is 4.89. The molecule has 94 valence electrons. The molecule has 0 aliphatic heterocycles. The summed E-state index contributed by atoms with van der Waals surface area (Å²) in [5.41, 5.74) is 7.12. The Morgan fingerprint density at radius 1 is 1.35 bits per heavy atom. The lowest BCUT2D eigenvalue weighted by Gasteiger charge is -2.26. The van der Waals surface area contributed by atoms with Crippen LogP contribution in [0.15, 0.2) is 24.3 Å². The van der Waals surface area contributed by atoms with Gasteiger partial charge in [0.15, 0.2) is 0 Å². The molecular weight excluding hydrogens is 212 g/mol. The minimum atomic E-state index is -0.257. The van der Waals surface area contributed by atoms with E-state index in [1.807, 2.05) is 38.1 Å². The van der Waals surface area contributed by atoms with Gasteiger partial charge in [-0.25, -0.2) is 0 Å². The van der Waals surface area contributed by atoms with E-state index in [4.69, 9.17) is 5.73 Å². The first-order chi connectivity index (χ1) is 8.00. The lowest BCUT2D eigenvalue weighted by Crippen LogP contribution is -2.45. The van der Waals surface area contributed by atoms with Crippen molar-refractivity contribution in [3.63, 3.8) is 0 Å². The molecule has 3 nitrogen and oxygen atoms in total. The fourth-order valence-corrected chi connectivity index (χ4v) is 1.85. The Kier molecular flexibility index (Phi) is 4.70. The number of hydrogen-bond donors (Lipinski definition) is 2. The van der Waals surface area contributed by atoms with Crippen LogP contribution < -0.4 is 11.1 Å². The number of benzene rings is 1. The molecule has 3 heteroatoms. The first kappa shape index (κ1) is 13.7. The summed E-state index contributed by atoms with van der Waals surface area (Å²) < 4.78 is 0. The van der Waals surface area contributed by atoms with Gasteiger partial charge in [-0.15, -0.1) is 0 Å². The molecule has 1 rings (SSSR count). The highest BCUT2D eigenvalue weighted by Crippen LogP contribution is 2.13. The predicted octanol–water partition coefficient (Wildman–Crippen LogP) is 2.11. The molecule has 0 radical (unpaired) electrons. The second-order valence-electron chi connectivity index (χ2n) is 4.89. The van der Waals surface area contributed by atoms with E-state index in [0.29, 0.717) is 6.54 Å². The molecule has 0 aliphatic rings. The molecule has 1 amide bonds. The maximum Gasteiger partial charge on any atom is 0.251 e. The van der Waals surface area contributed by atoms with Gasteiger partial charge < -0.3 is 11.1 Å². The zero-order valence-corrected chi connectivity index (χ0v) is 10.9. The number of carbonyl (C=O) groups excluding carboxylic acids is 1. The highest BCUT2D eigenvalue weighted by Gasteiger charge is 2.21. The zero-order valence-electron chi connectivity index (χ0n) is 10.9. The quantitative estimate of drug-likeness (QED) is 0.819. The molecule has 0 heterocycles. The minimum absolute atomic E-state index is 0.0131. The van der Waals surface area contributed by atoms with E-state index in [9.17, 15) is 4.79 Å². The normalized spacial score (nSPS) is 11.3. The number of rotatable bonds is 5. The van der Waals surface area contributed by atoms with E-state index in [1.54, 1.807) is 0 Å². The average Bonchev–Trinajstić information content (AvgIpc) is 2.28. The van der Waals surface area contributed by atoms with Gasteiger partial charge in [-0.05, 0) is 44.9 Å². The molecule has 1 aromatic rings. The summed E-state index contributed by atoms with van der Waals surface area (Å²) in [6.07, 6.45) is 1.63. The van der Waals surface area contributed by atoms with Crippen LogP contribution in [-0.2, 0) is 6.42 Å². The van der Waals surface area contributed by atoms with Gasteiger partial charge in [-0.2, -0.15) is 0 Å². The summed E-state index contributed by atoms with van der Waals surface area (Å²) in [6, 6.07) is 7.71. The van der Waals surface area contributed by atoms with Crippen LogP contribution in [0, 0.1) is 0 Å². The lowest BCUT2D eigenvalue weighted by atomic mass is 9.98. The van der Waals surface area contributed by atoms with Gasteiger partial charge in [-0.3, -0.25) is 4.79 Å². The summed E-state index contributed by atoms with van der Waals surface area (Å²) >= 11 is 0. The third-order valence-corrected chi connectivity index (χ3v) is 2.86. The Balaban J connectivity index is 2.83. The molecule has 0 spiro atoms. The Bertz CT molecular complexity index is 386. The second kappa shape index (κ2) is 5.82. The van der Waals surface area contributed by atoms with Crippen LogP contribution in [0.2, 0.25) is 0 Å². The van der Waals surface area contributed by atoms with Crippen molar-refractivity contribution < 1.29 is 4.79 Å². The molecule has 0 atom stereocenters. The fraction of sp³-hybridized carbons (Fsp3) is 0.500. The number of carbonyl (C=O) groups is 1. The number of hydrogen-bond acceptors (Lipinski definition) is 2. The van der Waals surface area contributed by atoms with Crippen LogP contribution in [0.3, 0.4) is 0 Å². The third kappa shape index (κ3) is 3.86. The summed E-state index contributed by atoms with van der Waals surface area (Å²) in [5.74, 6) is -0.0131. The van der Waals surface area contributed by atoms with Gasteiger partial charge in [0, 0.05) is 11.1 Å². The first-order valence-corrected chi connectivity index (χ1v) is 6.10. The highest BCUT2D eigenvalue weighted by atomic mass is 16.1. The van der Waals surface area contributed by atoms with Crippen molar-refractivity contribution in [3.8, 4) is 0 Å². The molecule has 0 saturated heterocycles. The van der Waals surface area contributed by atoms with Gasteiger partial charge >= 0.3 is 0 Å². The van der Waals surface area contributed by atoms with E-state index in [2.05, 4.69) is 12.2 Å². The zero-order chi connectivity index (χ0) is 12.9. The molecule has 1 aromatic carbocycles. The minimum Gasteiger partial charge on any atom is -0.347 e. The molecule has 0 aliphatic carbocycles. The number of amides is 1. The predicted molar refractivity (Wildman–Crippen MR) is 71.0 cm³/mol. The van der Waals surface area contributed by atoms with E-state index in [1.165, 1.54) is 0 Å². The average molecular weight is 234 g/mol. The smallest absolute Gasteiger partial charge is 0.251 e. The van der Waals surface area contributed by atoms with E-state index in [-0.39, 0.29) is 11.4 Å². The van der Waals surface area contributed by atoms with Crippen LogP contribution in [-0.4, -0.2) is 18.0 Å². The molecule has 0 fully saturated rings. The van der Waals surface area contributed by atoms with Crippen LogP contribution in [0.25, 0.3) is 0 Å². The third-order valence-electron chi connectivity index (χ3n) is 2.86. The Labute approximate surface area is 103 Å². The molecule has 17 heavy (non-hydrogen) atoms. The van der Waals surface area contributed by atoms with Crippen molar-refractivity contribution in [2.24, 2.45) is 5.73 Å². The Hall–Kier alpha value is -1.35. The lowest BCUT2D eigenvalue weighted by molar-refractivity contribution is 0.0909. The number of nitrogens with one attached hydrogen (secondary N) is 1. The maximum atomic E-state index is 12.2. The molecular formula is C14H22N2O. The number of aryl methyl sites for hydroxylation is 1. The van der Waals surface area contributed by atoms with Gasteiger partial charge in [0.1, 0.15) is 0 Å². The van der Waals surface area contributed by atoms with Crippen molar-refractivity contribution in [1.82, 2.24) is 5.32 Å². The molecule has 0 bridgehead atoms. The standard InChI is InChI=1S/C14H22N2O/c1-4-11-7-5-6-8-12(11)13(17)16-14(2,3)9-10-15/h5-8H,4,9-10,15H2,1-3H3,(H,16,17). The summed E-state index contributed by atoms with van der Waals surface area (Å²) in [5, 5.41) is 3.03. The van der Waals surface area contributed by atoms with Crippen molar-refractivity contribution in [2.45, 2.75) is 39.2 Å². The van der Waals surface area contributed by atoms with E-state index < -0.39 is 0 Å². The molecule has 3 N–H and O–H groups in total. The van der Waals surface area contributed by atoms with Crippen molar-refractivity contribution in [1.29, 1.82) is 0 Å². The SMILES string of the molecule is CCc1ccccc1C(=O)NC(C)(C)CCN. The summed E-state index contributed by atoms with van der Waals surface area (Å²) in [7, 11) is 0. The molecule has 0 aromatic heterocycles. The van der Waals surface area contributed by atoms with Gasteiger partial charge in [0.2, 0.25) is 0 Å². The first-order valence-electron chi connectivity index (χ1n) is 6.10.